The monoisotopic (exact) mass is 331 g/mol. The van der Waals surface area contributed by atoms with E-state index >= 15 is 0 Å². The Kier molecular flexibility index (Phi) is 5.18. The Morgan fingerprint density at radius 1 is 1.21 bits per heavy atom. The summed E-state index contributed by atoms with van der Waals surface area (Å²) in [6.07, 6.45) is 4.51. The fourth-order valence-electron chi connectivity index (χ4n) is 3.18. The van der Waals surface area contributed by atoms with Crippen LogP contribution in [0.3, 0.4) is 0 Å². The summed E-state index contributed by atoms with van der Waals surface area (Å²) in [7, 11) is 0. The van der Waals surface area contributed by atoms with Crippen molar-refractivity contribution in [1.82, 2.24) is 4.90 Å². The maximum atomic E-state index is 12.9. The van der Waals surface area contributed by atoms with Crippen LogP contribution in [0.1, 0.15) is 48.9 Å². The molecule has 1 amide bonds. The molecule has 3 rings (SSSR count). The third-order valence-corrected chi connectivity index (χ3v) is 4.43. The van der Waals surface area contributed by atoms with Crippen molar-refractivity contribution in [2.24, 2.45) is 0 Å². The molecule has 0 aliphatic heterocycles. The third kappa shape index (κ3) is 3.78. The molecule has 0 unspecified atom stereocenters. The Morgan fingerprint density at radius 2 is 1.92 bits per heavy atom. The van der Waals surface area contributed by atoms with Gasteiger partial charge in [0.2, 0.25) is 0 Å². The molecule has 5 heteroatoms. The highest BCUT2D eigenvalue weighted by Gasteiger charge is 2.27. The predicted molar refractivity (Wildman–Crippen MR) is 88.4 cm³/mol. The molecule has 2 aromatic rings. The molecule has 24 heavy (non-hydrogen) atoms. The summed E-state index contributed by atoms with van der Waals surface area (Å²) < 4.78 is 24.0. The van der Waals surface area contributed by atoms with E-state index in [1.165, 1.54) is 25.0 Å². The van der Waals surface area contributed by atoms with Crippen LogP contribution in [0.25, 0.3) is 0 Å². The quantitative estimate of drug-likeness (QED) is 0.788. The highest BCUT2D eigenvalue weighted by atomic mass is 19.1. The van der Waals surface area contributed by atoms with E-state index in [2.05, 4.69) is 0 Å². The van der Waals surface area contributed by atoms with E-state index in [0.29, 0.717) is 29.9 Å². The molecule has 1 aliphatic carbocycles. The molecule has 1 aliphatic rings. The summed E-state index contributed by atoms with van der Waals surface area (Å²) in [5.74, 6) is 1.12. The number of carbonyl (C=O) groups excluding carboxylic acids is 1. The average molecular weight is 331 g/mol. The van der Waals surface area contributed by atoms with Gasteiger partial charge in [-0.15, -0.1) is 0 Å². The maximum absolute atomic E-state index is 12.9. The minimum Gasteiger partial charge on any atom is -0.486 e. The van der Waals surface area contributed by atoms with Crippen LogP contribution in [-0.2, 0) is 6.61 Å². The van der Waals surface area contributed by atoms with Crippen LogP contribution in [0.15, 0.2) is 40.8 Å². The number of nitrogens with zero attached hydrogens (tertiary/aromatic N) is 1. The molecular weight excluding hydrogens is 309 g/mol. The van der Waals surface area contributed by atoms with Crippen molar-refractivity contribution in [3.05, 3.63) is 53.7 Å². The minimum absolute atomic E-state index is 0.0579. The van der Waals surface area contributed by atoms with Crippen LogP contribution >= 0.6 is 0 Å². The van der Waals surface area contributed by atoms with Crippen LogP contribution in [0.4, 0.5) is 4.39 Å². The summed E-state index contributed by atoms with van der Waals surface area (Å²) >= 11 is 0. The largest absolute Gasteiger partial charge is 0.486 e. The summed E-state index contributed by atoms with van der Waals surface area (Å²) in [5, 5.41) is 0. The lowest BCUT2D eigenvalue weighted by Crippen LogP contribution is -2.38. The molecule has 0 atom stereocenters. The van der Waals surface area contributed by atoms with Crippen LogP contribution < -0.4 is 4.74 Å². The Hall–Kier alpha value is -2.30. The number of benzene rings is 1. The van der Waals surface area contributed by atoms with Crippen LogP contribution in [0.5, 0.6) is 5.75 Å². The van der Waals surface area contributed by atoms with Crippen LogP contribution in [0.2, 0.25) is 0 Å². The van der Waals surface area contributed by atoms with Crippen molar-refractivity contribution in [3.8, 4) is 5.75 Å². The van der Waals surface area contributed by atoms with Crippen molar-refractivity contribution in [2.75, 3.05) is 6.54 Å². The highest BCUT2D eigenvalue weighted by molar-refractivity contribution is 5.91. The van der Waals surface area contributed by atoms with Gasteiger partial charge in [0, 0.05) is 12.6 Å². The van der Waals surface area contributed by atoms with E-state index in [-0.39, 0.29) is 18.3 Å². The van der Waals surface area contributed by atoms with E-state index in [1.807, 2.05) is 11.8 Å². The van der Waals surface area contributed by atoms with Crippen molar-refractivity contribution < 1.29 is 18.3 Å². The fourth-order valence-corrected chi connectivity index (χ4v) is 3.18. The lowest BCUT2D eigenvalue weighted by atomic mass is 10.2. The molecule has 1 fully saturated rings. The summed E-state index contributed by atoms with van der Waals surface area (Å²) in [6.45, 7) is 2.89. The first kappa shape index (κ1) is 16.6. The van der Waals surface area contributed by atoms with Gasteiger partial charge in [0.15, 0.2) is 5.76 Å². The molecule has 128 valence electrons. The Labute approximate surface area is 141 Å². The molecule has 4 nitrogen and oxygen atoms in total. The molecule has 0 radical (unpaired) electrons. The first-order chi connectivity index (χ1) is 11.7. The summed E-state index contributed by atoms with van der Waals surface area (Å²) in [5.41, 5.74) is 0. The van der Waals surface area contributed by atoms with Gasteiger partial charge in [-0.25, -0.2) is 4.39 Å². The Bertz CT molecular complexity index is 674. The second kappa shape index (κ2) is 7.51. The number of amides is 1. The standard InChI is InChI=1S/C19H22FNO3/c1-2-21(15-5-3-4-6-15)19(22)18-12-11-17(24-18)13-23-16-9-7-14(20)8-10-16/h7-12,15H,2-6,13H2,1H3. The SMILES string of the molecule is CCN(C(=O)c1ccc(COc2ccc(F)cc2)o1)C1CCCC1. The molecule has 1 aromatic heterocycles. The highest BCUT2D eigenvalue weighted by Crippen LogP contribution is 2.25. The second-order valence-corrected chi connectivity index (χ2v) is 6.04. The van der Waals surface area contributed by atoms with Gasteiger partial charge in [0.1, 0.15) is 23.9 Å². The zero-order chi connectivity index (χ0) is 16.9. The second-order valence-electron chi connectivity index (χ2n) is 6.04. The first-order valence-corrected chi connectivity index (χ1v) is 8.45. The molecule has 1 saturated carbocycles. The summed E-state index contributed by atoms with van der Waals surface area (Å²) in [4.78, 5) is 14.5. The van der Waals surface area contributed by atoms with Crippen molar-refractivity contribution in [1.29, 1.82) is 0 Å². The number of hydrogen-bond donors (Lipinski definition) is 0. The third-order valence-electron chi connectivity index (χ3n) is 4.43. The fraction of sp³-hybridized carbons (Fsp3) is 0.421. The molecular formula is C19H22FNO3. The number of furan rings is 1. The van der Waals surface area contributed by atoms with Crippen LogP contribution in [-0.4, -0.2) is 23.4 Å². The van der Waals surface area contributed by atoms with Gasteiger partial charge in [-0.1, -0.05) is 12.8 Å². The minimum atomic E-state index is -0.306. The lowest BCUT2D eigenvalue weighted by molar-refractivity contribution is 0.0657. The summed E-state index contributed by atoms with van der Waals surface area (Å²) in [6, 6.07) is 9.57. The zero-order valence-electron chi connectivity index (χ0n) is 13.8. The van der Waals surface area contributed by atoms with Gasteiger partial charge in [-0.3, -0.25) is 4.79 Å². The molecule has 0 spiro atoms. The van der Waals surface area contributed by atoms with E-state index in [0.717, 1.165) is 12.8 Å². The normalized spacial score (nSPS) is 14.8. The molecule has 0 N–H and O–H groups in total. The Balaban J connectivity index is 1.61. The van der Waals surface area contributed by atoms with E-state index in [4.69, 9.17) is 9.15 Å². The number of halogens is 1. The first-order valence-electron chi connectivity index (χ1n) is 8.45. The molecule has 1 heterocycles. The number of carbonyl (C=O) groups is 1. The Morgan fingerprint density at radius 3 is 2.58 bits per heavy atom. The number of hydrogen-bond acceptors (Lipinski definition) is 3. The molecule has 0 saturated heterocycles. The van der Waals surface area contributed by atoms with Gasteiger partial charge in [0.25, 0.3) is 5.91 Å². The molecule has 1 aromatic carbocycles. The maximum Gasteiger partial charge on any atom is 0.289 e. The number of ether oxygens (including phenoxy) is 1. The van der Waals surface area contributed by atoms with Gasteiger partial charge in [0.05, 0.1) is 0 Å². The predicted octanol–water partition coefficient (Wildman–Crippen LogP) is 4.40. The van der Waals surface area contributed by atoms with E-state index < -0.39 is 0 Å². The van der Waals surface area contributed by atoms with Gasteiger partial charge < -0.3 is 14.1 Å². The van der Waals surface area contributed by atoms with Gasteiger partial charge in [-0.2, -0.15) is 0 Å². The number of rotatable bonds is 6. The van der Waals surface area contributed by atoms with E-state index in [9.17, 15) is 9.18 Å². The van der Waals surface area contributed by atoms with Crippen molar-refractivity contribution in [3.63, 3.8) is 0 Å². The van der Waals surface area contributed by atoms with Gasteiger partial charge in [-0.05, 0) is 56.2 Å². The van der Waals surface area contributed by atoms with E-state index in [1.54, 1.807) is 24.3 Å². The lowest BCUT2D eigenvalue weighted by Gasteiger charge is -2.26. The average Bonchev–Trinajstić information content (AvgIpc) is 3.27. The smallest absolute Gasteiger partial charge is 0.289 e. The molecule has 0 bridgehead atoms. The van der Waals surface area contributed by atoms with Gasteiger partial charge >= 0.3 is 0 Å². The topological polar surface area (TPSA) is 42.7 Å². The van der Waals surface area contributed by atoms with Crippen LogP contribution in [0, 0.1) is 5.82 Å². The zero-order valence-corrected chi connectivity index (χ0v) is 13.8. The van der Waals surface area contributed by atoms with Crippen molar-refractivity contribution in [2.45, 2.75) is 45.3 Å². The van der Waals surface area contributed by atoms with Crippen molar-refractivity contribution >= 4 is 5.91 Å².